The second kappa shape index (κ2) is 10.2. The summed E-state index contributed by atoms with van der Waals surface area (Å²) in [7, 11) is 0. The van der Waals surface area contributed by atoms with Crippen molar-refractivity contribution in [1.82, 2.24) is 0 Å². The average molecular weight is 542 g/mol. The smallest absolute Gasteiger partial charge is 0.0742 e. The molecule has 0 unspecified atom stereocenters. The van der Waals surface area contributed by atoms with E-state index in [0.717, 1.165) is 11.4 Å². The van der Waals surface area contributed by atoms with Crippen LogP contribution in [-0.4, -0.2) is 0 Å². The quantitative estimate of drug-likeness (QED) is 0.234. The van der Waals surface area contributed by atoms with Gasteiger partial charge in [0.05, 0.1) is 5.41 Å². The Morgan fingerprint density at radius 2 is 0.762 bits per heavy atom. The lowest BCUT2D eigenvalue weighted by Crippen LogP contribution is -2.35. The zero-order chi connectivity index (χ0) is 28.8. The van der Waals surface area contributed by atoms with E-state index in [1.54, 1.807) is 0 Å². The summed E-state index contributed by atoms with van der Waals surface area (Å²) in [6, 6.07) is 49.6. The van der Waals surface area contributed by atoms with Crippen LogP contribution in [0.4, 0.5) is 11.4 Å². The third kappa shape index (κ3) is 4.33. The fraction of sp³-hybridized carbons (Fsp3) is 0.122. The van der Waals surface area contributed by atoms with Crippen LogP contribution in [0.1, 0.15) is 44.5 Å². The van der Waals surface area contributed by atoms with Crippen LogP contribution >= 0.6 is 0 Å². The maximum atomic E-state index is 3.84. The zero-order valence-corrected chi connectivity index (χ0v) is 24.7. The van der Waals surface area contributed by atoms with Crippen molar-refractivity contribution >= 4 is 11.4 Å². The number of anilines is 2. The summed E-state index contributed by atoms with van der Waals surface area (Å²) in [5, 5.41) is 3.84. The maximum Gasteiger partial charge on any atom is 0.0742 e. The minimum Gasteiger partial charge on any atom is -0.355 e. The number of nitrogens with one attached hydrogen (secondary N) is 1. The van der Waals surface area contributed by atoms with Gasteiger partial charge in [0, 0.05) is 11.4 Å². The monoisotopic (exact) mass is 541 g/mol. The highest BCUT2D eigenvalue weighted by Gasteiger charge is 2.44. The molecule has 1 N–H and O–H groups in total. The van der Waals surface area contributed by atoms with Gasteiger partial charge in [-0.1, -0.05) is 131 Å². The van der Waals surface area contributed by atoms with E-state index < -0.39 is 5.41 Å². The van der Waals surface area contributed by atoms with Crippen molar-refractivity contribution in [2.45, 2.75) is 33.1 Å². The van der Waals surface area contributed by atoms with Gasteiger partial charge in [-0.05, 0) is 96.5 Å². The number of benzene rings is 6. The molecule has 0 atom stereocenters. The number of hydrogen-bond donors (Lipinski definition) is 1. The van der Waals surface area contributed by atoms with Gasteiger partial charge < -0.3 is 5.32 Å². The lowest BCUT2D eigenvalue weighted by Gasteiger charge is -2.43. The van der Waals surface area contributed by atoms with Gasteiger partial charge in [-0.3, -0.25) is 0 Å². The van der Waals surface area contributed by atoms with Crippen molar-refractivity contribution < 1.29 is 0 Å². The number of hydrogen-bond acceptors (Lipinski definition) is 1. The third-order valence-electron chi connectivity index (χ3n) is 8.64. The van der Waals surface area contributed by atoms with Crippen LogP contribution in [0.15, 0.2) is 133 Å². The van der Waals surface area contributed by atoms with E-state index in [2.05, 4.69) is 166 Å². The summed E-state index contributed by atoms with van der Waals surface area (Å²) in [5.74, 6) is 0. The van der Waals surface area contributed by atoms with E-state index in [0.29, 0.717) is 0 Å². The molecule has 0 saturated carbocycles. The van der Waals surface area contributed by atoms with Crippen molar-refractivity contribution in [3.05, 3.63) is 178 Å². The topological polar surface area (TPSA) is 12.0 Å². The number of aryl methyl sites for hydroxylation is 4. The van der Waals surface area contributed by atoms with E-state index in [-0.39, 0.29) is 0 Å². The Labute approximate surface area is 249 Å². The minimum atomic E-state index is -0.512. The van der Waals surface area contributed by atoms with E-state index in [4.69, 9.17) is 0 Å². The van der Waals surface area contributed by atoms with Crippen LogP contribution < -0.4 is 5.32 Å². The zero-order valence-electron chi connectivity index (χ0n) is 24.7. The predicted octanol–water partition coefficient (Wildman–Crippen LogP) is 10.7. The van der Waals surface area contributed by atoms with Gasteiger partial charge >= 0.3 is 0 Å². The minimum absolute atomic E-state index is 0.512. The summed E-state index contributed by atoms with van der Waals surface area (Å²) in [4.78, 5) is 0. The molecular formula is C41H35N. The molecule has 0 radical (unpaired) electrons. The van der Waals surface area contributed by atoms with E-state index in [1.165, 1.54) is 66.8 Å². The molecule has 0 amide bonds. The van der Waals surface area contributed by atoms with Crippen LogP contribution in [0.2, 0.25) is 0 Å². The summed E-state index contributed by atoms with van der Waals surface area (Å²) in [5.41, 5.74) is 16.9. The molecule has 204 valence electrons. The molecule has 7 rings (SSSR count). The molecule has 1 heteroatoms. The molecule has 1 aliphatic heterocycles. The van der Waals surface area contributed by atoms with Gasteiger partial charge in [-0.25, -0.2) is 0 Å². The Bertz CT molecular complexity index is 1750. The first-order chi connectivity index (χ1) is 20.4. The average Bonchev–Trinajstić information content (AvgIpc) is 2.99. The first kappa shape index (κ1) is 26.0. The number of fused-ring (bicyclic) bond motifs is 2. The maximum absolute atomic E-state index is 3.84. The van der Waals surface area contributed by atoms with Crippen LogP contribution in [0.25, 0.3) is 22.3 Å². The molecule has 1 aliphatic rings. The van der Waals surface area contributed by atoms with Crippen molar-refractivity contribution in [2.75, 3.05) is 5.32 Å². The normalized spacial score (nSPS) is 13.1. The molecule has 0 spiro atoms. The molecular weight excluding hydrogens is 506 g/mol. The summed E-state index contributed by atoms with van der Waals surface area (Å²) in [6.07, 6.45) is 0. The Morgan fingerprint density at radius 1 is 0.381 bits per heavy atom. The summed E-state index contributed by atoms with van der Waals surface area (Å²) >= 11 is 0. The van der Waals surface area contributed by atoms with Gasteiger partial charge in [-0.15, -0.1) is 0 Å². The first-order valence-electron chi connectivity index (χ1n) is 14.8. The second-order valence-corrected chi connectivity index (χ2v) is 11.9. The lowest BCUT2D eigenvalue weighted by atomic mass is 9.62. The molecule has 6 aromatic rings. The van der Waals surface area contributed by atoms with Gasteiger partial charge in [0.15, 0.2) is 0 Å². The highest BCUT2D eigenvalue weighted by atomic mass is 14.9. The largest absolute Gasteiger partial charge is 0.355 e. The second-order valence-electron chi connectivity index (χ2n) is 11.9. The van der Waals surface area contributed by atoms with Gasteiger partial charge in [-0.2, -0.15) is 0 Å². The standard InChI is InChI=1S/C41H35N/c1-27-19-28(2)22-33(21-27)31-15-17-39-37(25-31)41(35-11-7-5-8-12-35,36-13-9-6-10-14-36)38-26-32(16-18-40(38)42-39)34-23-29(3)20-30(4)24-34/h5-26,42H,1-4H3. The van der Waals surface area contributed by atoms with E-state index in [1.807, 2.05) is 0 Å². The van der Waals surface area contributed by atoms with Crippen LogP contribution in [0.3, 0.4) is 0 Å². The first-order valence-corrected chi connectivity index (χ1v) is 14.8. The number of rotatable bonds is 4. The highest BCUT2D eigenvalue weighted by Crippen LogP contribution is 2.55. The molecule has 0 bridgehead atoms. The van der Waals surface area contributed by atoms with Crippen LogP contribution in [-0.2, 0) is 5.41 Å². The molecule has 0 fully saturated rings. The Morgan fingerprint density at radius 3 is 1.14 bits per heavy atom. The molecule has 1 nitrogen and oxygen atoms in total. The molecule has 0 saturated heterocycles. The fourth-order valence-electron chi connectivity index (χ4n) is 7.02. The third-order valence-corrected chi connectivity index (χ3v) is 8.64. The van der Waals surface area contributed by atoms with Crippen LogP contribution in [0, 0.1) is 27.7 Å². The highest BCUT2D eigenvalue weighted by molar-refractivity contribution is 5.86. The van der Waals surface area contributed by atoms with Gasteiger partial charge in [0.2, 0.25) is 0 Å². The molecule has 1 heterocycles. The summed E-state index contributed by atoms with van der Waals surface area (Å²) < 4.78 is 0. The molecule has 0 aromatic heterocycles. The van der Waals surface area contributed by atoms with Crippen LogP contribution in [0.5, 0.6) is 0 Å². The molecule has 0 aliphatic carbocycles. The molecule has 42 heavy (non-hydrogen) atoms. The van der Waals surface area contributed by atoms with E-state index >= 15 is 0 Å². The summed E-state index contributed by atoms with van der Waals surface area (Å²) in [6.45, 7) is 8.72. The van der Waals surface area contributed by atoms with Crippen molar-refractivity contribution in [3.63, 3.8) is 0 Å². The van der Waals surface area contributed by atoms with Crippen molar-refractivity contribution in [1.29, 1.82) is 0 Å². The molecule has 6 aromatic carbocycles. The Balaban J connectivity index is 1.57. The van der Waals surface area contributed by atoms with Crippen molar-refractivity contribution in [2.24, 2.45) is 0 Å². The fourth-order valence-corrected chi connectivity index (χ4v) is 7.02. The Kier molecular flexibility index (Phi) is 6.32. The van der Waals surface area contributed by atoms with Crippen molar-refractivity contribution in [3.8, 4) is 22.3 Å². The Hall–Kier alpha value is -4.88. The lowest BCUT2D eigenvalue weighted by molar-refractivity contribution is 0.741. The SMILES string of the molecule is Cc1cc(C)cc(-c2ccc3c(c2)C(c2ccccc2)(c2ccccc2)c2cc(-c4cc(C)cc(C)c4)ccc2N3)c1. The van der Waals surface area contributed by atoms with Gasteiger partial charge in [0.1, 0.15) is 0 Å². The van der Waals surface area contributed by atoms with Gasteiger partial charge in [0.25, 0.3) is 0 Å². The predicted molar refractivity (Wildman–Crippen MR) is 178 cm³/mol. The van der Waals surface area contributed by atoms with E-state index in [9.17, 15) is 0 Å².